The number of amides is 3. The molecule has 2 aromatic carbocycles. The number of imide groups is 1. The average molecular weight is 484 g/mol. The van der Waals surface area contributed by atoms with Gasteiger partial charge in [0.15, 0.2) is 5.54 Å². The molecule has 1 fully saturated rings. The standard InChI is InChI=1S/C23H22BrN3O2S/c1-26(15-19-12-13-20(24)30-19)16-27-21(28)23(25-22(27)29,18-10-6-3-7-11-18)14-17-8-4-2-5-9-17/h2-13H,14-16H2,1H3,(H,25,29). The minimum atomic E-state index is -1.10. The van der Waals surface area contributed by atoms with Gasteiger partial charge in [0.25, 0.3) is 5.91 Å². The maximum absolute atomic E-state index is 13.6. The Kier molecular flexibility index (Phi) is 6.04. The molecule has 3 aromatic rings. The van der Waals surface area contributed by atoms with Crippen molar-refractivity contribution in [1.29, 1.82) is 0 Å². The maximum Gasteiger partial charge on any atom is 0.326 e. The van der Waals surface area contributed by atoms with Gasteiger partial charge < -0.3 is 5.32 Å². The third-order valence-corrected chi connectivity index (χ3v) is 6.80. The lowest BCUT2D eigenvalue weighted by molar-refractivity contribution is -0.133. The minimum absolute atomic E-state index is 0.221. The Labute approximate surface area is 188 Å². The molecule has 5 nitrogen and oxygen atoms in total. The molecule has 1 N–H and O–H groups in total. The van der Waals surface area contributed by atoms with Crippen molar-refractivity contribution in [2.45, 2.75) is 18.5 Å². The first-order valence-corrected chi connectivity index (χ1v) is 11.3. The fourth-order valence-electron chi connectivity index (χ4n) is 3.79. The predicted octanol–water partition coefficient (Wildman–Crippen LogP) is 4.59. The van der Waals surface area contributed by atoms with E-state index in [9.17, 15) is 9.59 Å². The van der Waals surface area contributed by atoms with Crippen LogP contribution < -0.4 is 5.32 Å². The number of benzene rings is 2. The van der Waals surface area contributed by atoms with Crippen molar-refractivity contribution in [3.8, 4) is 0 Å². The Bertz CT molecular complexity index is 1040. The van der Waals surface area contributed by atoms with Gasteiger partial charge in [0.1, 0.15) is 0 Å². The van der Waals surface area contributed by atoms with Gasteiger partial charge in [-0.2, -0.15) is 0 Å². The third kappa shape index (κ3) is 4.19. The highest BCUT2D eigenvalue weighted by Crippen LogP contribution is 2.33. The highest BCUT2D eigenvalue weighted by molar-refractivity contribution is 9.11. The molecular formula is C23H22BrN3O2S. The molecule has 0 bridgehead atoms. The van der Waals surface area contributed by atoms with Gasteiger partial charge >= 0.3 is 6.03 Å². The second kappa shape index (κ2) is 8.71. The van der Waals surface area contributed by atoms with E-state index in [1.165, 1.54) is 4.90 Å². The summed E-state index contributed by atoms with van der Waals surface area (Å²) < 4.78 is 1.06. The Hall–Kier alpha value is -2.48. The summed E-state index contributed by atoms with van der Waals surface area (Å²) in [4.78, 5) is 31.0. The summed E-state index contributed by atoms with van der Waals surface area (Å²) >= 11 is 5.12. The second-order valence-corrected chi connectivity index (χ2v) is 10.0. The first-order chi connectivity index (χ1) is 14.5. The lowest BCUT2D eigenvalue weighted by Gasteiger charge is -2.28. The number of thiophene rings is 1. The zero-order valence-corrected chi connectivity index (χ0v) is 18.9. The summed E-state index contributed by atoms with van der Waals surface area (Å²) in [5, 5.41) is 3.01. The van der Waals surface area contributed by atoms with Crippen LogP contribution in [0, 0.1) is 0 Å². The van der Waals surface area contributed by atoms with E-state index >= 15 is 0 Å². The van der Waals surface area contributed by atoms with Crippen LogP contribution in [0.2, 0.25) is 0 Å². The van der Waals surface area contributed by atoms with Crippen molar-refractivity contribution in [1.82, 2.24) is 15.1 Å². The van der Waals surface area contributed by atoms with Crippen LogP contribution in [-0.4, -0.2) is 35.5 Å². The molecule has 1 aromatic heterocycles. The van der Waals surface area contributed by atoms with Crippen molar-refractivity contribution in [3.05, 3.63) is 92.6 Å². The summed E-state index contributed by atoms with van der Waals surface area (Å²) in [5.74, 6) is -0.221. The van der Waals surface area contributed by atoms with Crippen LogP contribution in [0.1, 0.15) is 16.0 Å². The van der Waals surface area contributed by atoms with E-state index in [0.29, 0.717) is 13.0 Å². The van der Waals surface area contributed by atoms with Gasteiger partial charge in [-0.05, 0) is 46.2 Å². The first-order valence-electron chi connectivity index (χ1n) is 9.64. The Morgan fingerprint density at radius 3 is 2.30 bits per heavy atom. The molecule has 1 aliphatic heterocycles. The quantitative estimate of drug-likeness (QED) is 0.500. The molecule has 30 heavy (non-hydrogen) atoms. The maximum atomic E-state index is 13.6. The predicted molar refractivity (Wildman–Crippen MR) is 122 cm³/mol. The van der Waals surface area contributed by atoms with E-state index in [-0.39, 0.29) is 18.6 Å². The molecule has 0 aliphatic carbocycles. The normalized spacial score (nSPS) is 18.8. The number of halogens is 1. The van der Waals surface area contributed by atoms with Gasteiger partial charge in [0.05, 0.1) is 10.5 Å². The molecule has 1 saturated heterocycles. The SMILES string of the molecule is CN(Cc1ccc(Br)s1)CN1C(=O)NC(Cc2ccccc2)(c2ccccc2)C1=O. The number of carbonyl (C=O) groups excluding carboxylic acids is 2. The summed E-state index contributed by atoms with van der Waals surface area (Å²) in [6, 6.07) is 23.0. The molecule has 1 atom stereocenters. The van der Waals surface area contributed by atoms with Gasteiger partial charge in [-0.1, -0.05) is 60.7 Å². The van der Waals surface area contributed by atoms with Crippen LogP contribution in [0.5, 0.6) is 0 Å². The Morgan fingerprint density at radius 2 is 1.67 bits per heavy atom. The van der Waals surface area contributed by atoms with Gasteiger partial charge in [-0.15, -0.1) is 11.3 Å². The Morgan fingerprint density at radius 1 is 1.00 bits per heavy atom. The van der Waals surface area contributed by atoms with Crippen molar-refractivity contribution in [2.75, 3.05) is 13.7 Å². The number of hydrogen-bond donors (Lipinski definition) is 1. The number of rotatable bonds is 7. The van der Waals surface area contributed by atoms with Gasteiger partial charge in [-0.3, -0.25) is 9.69 Å². The first kappa shape index (κ1) is 20.8. The largest absolute Gasteiger partial charge is 0.326 e. The van der Waals surface area contributed by atoms with Gasteiger partial charge in [0.2, 0.25) is 0 Å². The van der Waals surface area contributed by atoms with E-state index in [1.807, 2.05) is 84.7 Å². The Balaban J connectivity index is 1.60. The summed E-state index contributed by atoms with van der Waals surface area (Å²) in [6.45, 7) is 0.883. The zero-order valence-electron chi connectivity index (χ0n) is 16.5. The number of nitrogens with zero attached hydrogens (tertiary/aromatic N) is 2. The minimum Gasteiger partial charge on any atom is -0.319 e. The van der Waals surface area contributed by atoms with Crippen LogP contribution in [0.3, 0.4) is 0 Å². The van der Waals surface area contributed by atoms with Gasteiger partial charge in [0, 0.05) is 17.8 Å². The summed E-state index contributed by atoms with van der Waals surface area (Å²) in [5.41, 5.74) is 0.681. The molecule has 1 unspecified atom stereocenters. The molecule has 7 heteroatoms. The average Bonchev–Trinajstić information content (AvgIpc) is 3.25. The van der Waals surface area contributed by atoms with Crippen LogP contribution >= 0.6 is 27.3 Å². The lowest BCUT2D eigenvalue weighted by atomic mass is 9.83. The molecule has 1 aliphatic rings. The molecule has 0 saturated carbocycles. The van der Waals surface area contributed by atoms with E-state index in [4.69, 9.17) is 0 Å². The van der Waals surface area contributed by atoms with Crippen molar-refractivity contribution < 1.29 is 9.59 Å². The fourth-order valence-corrected chi connectivity index (χ4v) is 5.35. The molecule has 154 valence electrons. The van der Waals surface area contributed by atoms with E-state index in [0.717, 1.165) is 19.8 Å². The molecule has 0 radical (unpaired) electrons. The third-order valence-electron chi connectivity index (χ3n) is 5.19. The monoisotopic (exact) mass is 483 g/mol. The van der Waals surface area contributed by atoms with Crippen LogP contribution in [-0.2, 0) is 23.3 Å². The summed E-state index contributed by atoms with van der Waals surface area (Å²) in [7, 11) is 1.91. The van der Waals surface area contributed by atoms with E-state index < -0.39 is 5.54 Å². The highest BCUT2D eigenvalue weighted by atomic mass is 79.9. The molecule has 2 heterocycles. The molecule has 3 amide bonds. The number of urea groups is 1. The lowest BCUT2D eigenvalue weighted by Crippen LogP contribution is -2.46. The van der Waals surface area contributed by atoms with Crippen LogP contribution in [0.25, 0.3) is 0 Å². The second-order valence-electron chi connectivity index (χ2n) is 7.46. The van der Waals surface area contributed by atoms with Crippen molar-refractivity contribution in [2.24, 2.45) is 0 Å². The number of carbonyl (C=O) groups is 2. The fraction of sp³-hybridized carbons (Fsp3) is 0.217. The van der Waals surface area contributed by atoms with E-state index in [1.54, 1.807) is 11.3 Å². The zero-order chi connectivity index (χ0) is 21.1. The van der Waals surface area contributed by atoms with Crippen LogP contribution in [0.4, 0.5) is 4.79 Å². The molecular weight excluding hydrogens is 462 g/mol. The number of hydrogen-bond acceptors (Lipinski definition) is 4. The topological polar surface area (TPSA) is 52.6 Å². The van der Waals surface area contributed by atoms with Gasteiger partial charge in [-0.25, -0.2) is 9.69 Å². The molecule has 0 spiro atoms. The molecule has 4 rings (SSSR count). The summed E-state index contributed by atoms with van der Waals surface area (Å²) in [6.07, 6.45) is 0.403. The highest BCUT2D eigenvalue weighted by Gasteiger charge is 2.52. The van der Waals surface area contributed by atoms with Crippen molar-refractivity contribution >= 4 is 39.2 Å². The van der Waals surface area contributed by atoms with E-state index in [2.05, 4.69) is 21.2 Å². The van der Waals surface area contributed by atoms with Crippen LogP contribution in [0.15, 0.2) is 76.6 Å². The number of nitrogens with one attached hydrogen (secondary N) is 1. The van der Waals surface area contributed by atoms with Crippen molar-refractivity contribution in [3.63, 3.8) is 0 Å². The smallest absolute Gasteiger partial charge is 0.319 e.